The van der Waals surface area contributed by atoms with Gasteiger partial charge in [-0.15, -0.1) is 0 Å². The number of nitrogens with one attached hydrogen (secondary N) is 2. The minimum absolute atomic E-state index is 0.0207. The van der Waals surface area contributed by atoms with E-state index in [0.717, 1.165) is 39.1 Å². The average molecular weight is 817 g/mol. The molecule has 0 radical (unpaired) electrons. The number of aliphatic hydroxyl groups is 2. The van der Waals surface area contributed by atoms with Crippen molar-refractivity contribution in [2.75, 3.05) is 125 Å². The van der Waals surface area contributed by atoms with Crippen molar-refractivity contribution in [2.24, 2.45) is 11.5 Å². The Kier molecular flexibility index (Phi) is 43.6. The third kappa shape index (κ3) is 47.7. The number of ether oxygens (including phenoxy) is 10. The molecule has 1 heterocycles. The van der Waals surface area contributed by atoms with Crippen molar-refractivity contribution in [1.29, 1.82) is 0 Å². The van der Waals surface area contributed by atoms with Gasteiger partial charge in [-0.2, -0.15) is 0 Å². The van der Waals surface area contributed by atoms with Gasteiger partial charge in [-0.3, -0.25) is 0 Å². The summed E-state index contributed by atoms with van der Waals surface area (Å²) in [5.74, 6) is 0. The standard InChI is InChI=1S/C23H50N2O7.C11H26N2O3.C6H12O2/c1-6-8-28-17-22(26)12-24-19(3)14-30-10-11-32-21(5)16-31-15-20(4)25-13-23(27)18-29-9-7-2;1-9(12)6-14-4-5-16-11(3)8-15-7-10(2)13;1-2-3-7-4-6-5-8-6/h19-27H,6-18H2,1-5H3;9-11H,4-8,12-13H2,1-3H3;6H,2-5H2,1H3. The first-order valence-electron chi connectivity index (χ1n) is 21.1. The zero-order chi connectivity index (χ0) is 42.2. The fraction of sp³-hybridized carbons (Fsp3) is 1.00. The predicted octanol–water partition coefficient (Wildman–Crippen LogP) is 1.89. The van der Waals surface area contributed by atoms with Gasteiger partial charge >= 0.3 is 0 Å². The Hall–Kier alpha value is -0.640. The van der Waals surface area contributed by atoms with Crippen LogP contribution in [-0.4, -0.2) is 190 Å². The highest BCUT2D eigenvalue weighted by Gasteiger charge is 2.21. The maximum absolute atomic E-state index is 9.83. The summed E-state index contributed by atoms with van der Waals surface area (Å²) in [6.45, 7) is 29.0. The van der Waals surface area contributed by atoms with Crippen LogP contribution in [0.3, 0.4) is 0 Å². The molecule has 1 saturated heterocycles. The third-order valence-electron chi connectivity index (χ3n) is 7.24. The van der Waals surface area contributed by atoms with Crippen LogP contribution in [-0.2, 0) is 47.4 Å². The first-order valence-corrected chi connectivity index (χ1v) is 21.1. The number of aliphatic hydroxyl groups excluding tert-OH is 2. The molecule has 0 aliphatic carbocycles. The van der Waals surface area contributed by atoms with Crippen LogP contribution in [0, 0.1) is 0 Å². The van der Waals surface area contributed by atoms with Gasteiger partial charge in [0.05, 0.1) is 117 Å². The molecule has 0 saturated carbocycles. The van der Waals surface area contributed by atoms with Crippen LogP contribution >= 0.6 is 0 Å². The van der Waals surface area contributed by atoms with E-state index in [2.05, 4.69) is 17.6 Å². The first-order chi connectivity index (χ1) is 26.8. The second-order valence-corrected chi connectivity index (χ2v) is 14.6. The van der Waals surface area contributed by atoms with Crippen LogP contribution in [0.2, 0.25) is 0 Å². The van der Waals surface area contributed by atoms with Crippen molar-refractivity contribution in [3.63, 3.8) is 0 Å². The van der Waals surface area contributed by atoms with Crippen molar-refractivity contribution in [3.8, 4) is 0 Å². The van der Waals surface area contributed by atoms with E-state index in [1.165, 1.54) is 0 Å². The summed E-state index contributed by atoms with van der Waals surface area (Å²) < 4.78 is 53.9. The van der Waals surface area contributed by atoms with Gasteiger partial charge in [-0.05, 0) is 60.8 Å². The summed E-state index contributed by atoms with van der Waals surface area (Å²) >= 11 is 0. The van der Waals surface area contributed by atoms with Crippen LogP contribution in [0.4, 0.5) is 0 Å². The second kappa shape index (κ2) is 42.5. The lowest BCUT2D eigenvalue weighted by molar-refractivity contribution is -0.0349. The minimum atomic E-state index is -0.506. The van der Waals surface area contributed by atoms with Crippen LogP contribution in [0.1, 0.15) is 81.6 Å². The number of hydrogen-bond acceptors (Lipinski definition) is 16. The molecule has 0 bridgehead atoms. The molecule has 16 heteroatoms. The molecular formula is C40H88N4O12. The summed E-state index contributed by atoms with van der Waals surface area (Å²) in [5.41, 5.74) is 11.1. The van der Waals surface area contributed by atoms with Crippen LogP contribution < -0.4 is 22.1 Å². The summed E-state index contributed by atoms with van der Waals surface area (Å²) in [4.78, 5) is 0. The number of hydrogen-bond donors (Lipinski definition) is 6. The molecule has 0 aromatic rings. The monoisotopic (exact) mass is 817 g/mol. The largest absolute Gasteiger partial charge is 0.389 e. The Morgan fingerprint density at radius 3 is 1.32 bits per heavy atom. The summed E-state index contributed by atoms with van der Waals surface area (Å²) in [5, 5.41) is 26.1. The molecule has 1 aliphatic heterocycles. The Morgan fingerprint density at radius 2 is 0.893 bits per heavy atom. The highest BCUT2D eigenvalue weighted by Crippen LogP contribution is 2.08. The number of nitrogens with two attached hydrogens (primary N) is 2. The molecule has 1 rings (SSSR count). The quantitative estimate of drug-likeness (QED) is 0.0388. The molecule has 0 spiro atoms. The Labute approximate surface area is 340 Å². The summed E-state index contributed by atoms with van der Waals surface area (Å²) in [6, 6.07) is 0.424. The first kappa shape index (κ1) is 57.5. The Morgan fingerprint density at radius 1 is 0.518 bits per heavy atom. The van der Waals surface area contributed by atoms with Gasteiger partial charge in [0.15, 0.2) is 0 Å². The molecule has 16 nitrogen and oxygen atoms in total. The van der Waals surface area contributed by atoms with Gasteiger partial charge < -0.3 is 79.7 Å². The highest BCUT2D eigenvalue weighted by molar-refractivity contribution is 4.67. The zero-order valence-corrected chi connectivity index (χ0v) is 36.9. The Balaban J connectivity index is 0. The molecule has 9 unspecified atom stereocenters. The van der Waals surface area contributed by atoms with Gasteiger partial charge in [-0.25, -0.2) is 0 Å². The third-order valence-corrected chi connectivity index (χ3v) is 7.24. The highest BCUT2D eigenvalue weighted by atomic mass is 16.6. The fourth-order valence-corrected chi connectivity index (χ4v) is 4.23. The number of epoxide rings is 1. The van der Waals surface area contributed by atoms with Crippen molar-refractivity contribution < 1.29 is 57.6 Å². The molecule has 0 aromatic heterocycles. The van der Waals surface area contributed by atoms with Crippen molar-refractivity contribution in [1.82, 2.24) is 10.6 Å². The molecule has 1 aliphatic rings. The zero-order valence-electron chi connectivity index (χ0n) is 36.9. The van der Waals surface area contributed by atoms with Gasteiger partial charge in [0, 0.05) is 57.1 Å². The molecule has 0 aromatic carbocycles. The van der Waals surface area contributed by atoms with E-state index in [1.807, 2.05) is 55.4 Å². The summed E-state index contributed by atoms with van der Waals surface area (Å²) in [6.07, 6.45) is 2.48. The van der Waals surface area contributed by atoms with Gasteiger partial charge in [0.25, 0.3) is 0 Å². The lowest BCUT2D eigenvalue weighted by Crippen LogP contribution is -2.39. The number of rotatable bonds is 38. The minimum Gasteiger partial charge on any atom is -0.389 e. The topological polar surface area (TPSA) is 212 Å². The maximum atomic E-state index is 9.83. The van der Waals surface area contributed by atoms with E-state index in [-0.39, 0.29) is 36.4 Å². The lowest BCUT2D eigenvalue weighted by atomic mass is 10.3. The van der Waals surface area contributed by atoms with Gasteiger partial charge in [0.1, 0.15) is 6.10 Å². The Bertz CT molecular complexity index is 777. The van der Waals surface area contributed by atoms with Crippen molar-refractivity contribution >= 4 is 0 Å². The van der Waals surface area contributed by atoms with Gasteiger partial charge in [-0.1, -0.05) is 20.8 Å². The molecular weight excluding hydrogens is 728 g/mol. The molecule has 9 atom stereocenters. The van der Waals surface area contributed by atoms with E-state index in [9.17, 15) is 10.2 Å². The normalized spacial score (nSPS) is 18.1. The van der Waals surface area contributed by atoms with Crippen LogP contribution in [0.25, 0.3) is 0 Å². The van der Waals surface area contributed by atoms with E-state index >= 15 is 0 Å². The summed E-state index contributed by atoms with van der Waals surface area (Å²) in [7, 11) is 0. The van der Waals surface area contributed by atoms with E-state index < -0.39 is 12.2 Å². The average Bonchev–Trinajstić information content (AvgIpc) is 3.98. The van der Waals surface area contributed by atoms with E-state index in [1.54, 1.807) is 0 Å². The van der Waals surface area contributed by atoms with Crippen molar-refractivity contribution in [2.45, 2.75) is 136 Å². The smallest absolute Gasteiger partial charge is 0.104 e. The predicted molar refractivity (Wildman–Crippen MR) is 221 cm³/mol. The van der Waals surface area contributed by atoms with E-state index in [0.29, 0.717) is 112 Å². The molecule has 340 valence electrons. The van der Waals surface area contributed by atoms with Crippen LogP contribution in [0.5, 0.6) is 0 Å². The molecule has 0 amide bonds. The van der Waals surface area contributed by atoms with Crippen molar-refractivity contribution in [3.05, 3.63) is 0 Å². The van der Waals surface area contributed by atoms with Crippen LogP contribution in [0.15, 0.2) is 0 Å². The maximum Gasteiger partial charge on any atom is 0.104 e. The van der Waals surface area contributed by atoms with Gasteiger partial charge in [0.2, 0.25) is 0 Å². The molecule has 1 fully saturated rings. The fourth-order valence-electron chi connectivity index (χ4n) is 4.23. The second-order valence-electron chi connectivity index (χ2n) is 14.6. The molecule has 8 N–H and O–H groups in total. The molecule has 56 heavy (non-hydrogen) atoms. The lowest BCUT2D eigenvalue weighted by Gasteiger charge is -2.19. The van der Waals surface area contributed by atoms with E-state index in [4.69, 9.17) is 58.8 Å². The SMILES string of the molecule is CC(N)COCCOC(C)COCC(C)N.CCCOCC(O)CNC(C)COCCOC(C)COCC(C)NCC(O)COCCC.CCCOCC1CO1.